The van der Waals surface area contributed by atoms with Gasteiger partial charge in [-0.15, -0.1) is 11.8 Å². The maximum absolute atomic E-state index is 11.9. The van der Waals surface area contributed by atoms with E-state index < -0.39 is 4.92 Å². The molecule has 8 heteroatoms. The van der Waals surface area contributed by atoms with Crippen LogP contribution >= 0.6 is 11.8 Å². The standard InChI is InChI=1S/C18H20N4O3S/c1-21(2)17-9-8-15(22(24)25)12-14(17)13-19-20-18(23)10-11-26-16-6-4-3-5-7-16/h3-9,12-13H,10-11H2,1-2H3,(H,20,23)/b19-13-. The Balaban J connectivity index is 1.91. The Morgan fingerprint density at radius 2 is 2.00 bits per heavy atom. The highest BCUT2D eigenvalue weighted by molar-refractivity contribution is 7.99. The van der Waals surface area contributed by atoms with Crippen molar-refractivity contribution in [3.8, 4) is 0 Å². The number of nitro groups is 1. The van der Waals surface area contributed by atoms with E-state index >= 15 is 0 Å². The number of nitrogens with zero attached hydrogens (tertiary/aromatic N) is 3. The van der Waals surface area contributed by atoms with Crippen LogP contribution in [0.3, 0.4) is 0 Å². The Morgan fingerprint density at radius 1 is 1.27 bits per heavy atom. The van der Waals surface area contributed by atoms with Crippen molar-refractivity contribution < 1.29 is 9.72 Å². The predicted octanol–water partition coefficient (Wildman–Crippen LogP) is 3.29. The number of anilines is 1. The topological polar surface area (TPSA) is 87.8 Å². The molecule has 2 rings (SSSR count). The molecule has 0 spiro atoms. The lowest BCUT2D eigenvalue weighted by Gasteiger charge is -2.14. The minimum atomic E-state index is -0.462. The van der Waals surface area contributed by atoms with Gasteiger partial charge in [0.05, 0.1) is 11.1 Å². The number of benzene rings is 2. The van der Waals surface area contributed by atoms with Gasteiger partial charge in [-0.05, 0) is 18.2 Å². The van der Waals surface area contributed by atoms with Crippen molar-refractivity contribution in [3.05, 3.63) is 64.2 Å². The number of hydrogen-bond donors (Lipinski definition) is 1. The second-order valence-corrected chi connectivity index (χ2v) is 6.77. The van der Waals surface area contributed by atoms with Crippen molar-refractivity contribution >= 4 is 35.3 Å². The van der Waals surface area contributed by atoms with E-state index in [4.69, 9.17) is 0 Å². The van der Waals surface area contributed by atoms with Crippen molar-refractivity contribution in [1.82, 2.24) is 5.43 Å². The van der Waals surface area contributed by atoms with Crippen molar-refractivity contribution in [2.45, 2.75) is 11.3 Å². The molecule has 26 heavy (non-hydrogen) atoms. The number of carbonyl (C=O) groups excluding carboxylic acids is 1. The lowest BCUT2D eigenvalue weighted by atomic mass is 10.1. The first-order valence-corrected chi connectivity index (χ1v) is 8.91. The minimum absolute atomic E-state index is 0.0253. The van der Waals surface area contributed by atoms with E-state index in [9.17, 15) is 14.9 Å². The number of rotatable bonds is 8. The number of nitrogens with one attached hydrogen (secondary N) is 1. The molecule has 0 aromatic heterocycles. The molecule has 0 atom stereocenters. The average Bonchev–Trinajstić information content (AvgIpc) is 2.62. The molecule has 0 heterocycles. The predicted molar refractivity (Wildman–Crippen MR) is 105 cm³/mol. The van der Waals surface area contributed by atoms with Gasteiger partial charge < -0.3 is 4.90 Å². The maximum Gasteiger partial charge on any atom is 0.270 e. The van der Waals surface area contributed by atoms with E-state index in [1.54, 1.807) is 17.8 Å². The maximum atomic E-state index is 11.9. The molecule has 0 bridgehead atoms. The molecule has 1 amide bonds. The molecule has 0 radical (unpaired) electrons. The number of hydrazone groups is 1. The summed E-state index contributed by atoms with van der Waals surface area (Å²) in [6.45, 7) is 0. The fraction of sp³-hybridized carbons (Fsp3) is 0.222. The van der Waals surface area contributed by atoms with Gasteiger partial charge >= 0.3 is 0 Å². The lowest BCUT2D eigenvalue weighted by Crippen LogP contribution is -2.18. The molecule has 1 N–H and O–H groups in total. The molecule has 0 unspecified atom stereocenters. The Labute approximate surface area is 156 Å². The Morgan fingerprint density at radius 3 is 2.65 bits per heavy atom. The number of hydrogen-bond acceptors (Lipinski definition) is 6. The third-order valence-electron chi connectivity index (χ3n) is 3.44. The second-order valence-electron chi connectivity index (χ2n) is 5.60. The van der Waals surface area contributed by atoms with Gasteiger partial charge in [-0.25, -0.2) is 5.43 Å². The smallest absolute Gasteiger partial charge is 0.270 e. The summed E-state index contributed by atoms with van der Waals surface area (Å²) in [4.78, 5) is 25.3. The summed E-state index contributed by atoms with van der Waals surface area (Å²) in [6.07, 6.45) is 1.75. The van der Waals surface area contributed by atoms with E-state index in [2.05, 4.69) is 10.5 Å². The summed E-state index contributed by atoms with van der Waals surface area (Å²) in [5, 5.41) is 14.9. The zero-order valence-electron chi connectivity index (χ0n) is 14.6. The van der Waals surface area contributed by atoms with Crippen LogP contribution in [0.4, 0.5) is 11.4 Å². The summed E-state index contributed by atoms with van der Waals surface area (Å²) in [5.41, 5.74) is 3.77. The molecular weight excluding hydrogens is 352 g/mol. The van der Waals surface area contributed by atoms with E-state index in [1.807, 2.05) is 49.3 Å². The molecule has 0 saturated heterocycles. The van der Waals surface area contributed by atoms with Crippen LogP contribution in [0, 0.1) is 10.1 Å². The molecule has 0 fully saturated rings. The zero-order valence-corrected chi connectivity index (χ0v) is 15.4. The van der Waals surface area contributed by atoms with Crippen LogP contribution in [-0.2, 0) is 4.79 Å². The fourth-order valence-corrected chi connectivity index (χ4v) is 3.05. The largest absolute Gasteiger partial charge is 0.377 e. The Hall–Kier alpha value is -2.87. The van der Waals surface area contributed by atoms with Gasteiger partial charge in [0.15, 0.2) is 0 Å². The molecule has 0 saturated carbocycles. The normalized spacial score (nSPS) is 10.7. The van der Waals surface area contributed by atoms with Crippen molar-refractivity contribution in [3.63, 3.8) is 0 Å². The van der Waals surface area contributed by atoms with E-state index in [0.29, 0.717) is 17.7 Å². The number of non-ortho nitro benzene ring substituents is 1. The number of carbonyl (C=O) groups is 1. The van der Waals surface area contributed by atoms with Crippen LogP contribution in [0.5, 0.6) is 0 Å². The van der Waals surface area contributed by atoms with Gasteiger partial charge in [0.2, 0.25) is 5.91 Å². The van der Waals surface area contributed by atoms with Gasteiger partial charge in [-0.3, -0.25) is 14.9 Å². The van der Waals surface area contributed by atoms with Crippen LogP contribution in [0.2, 0.25) is 0 Å². The molecule has 0 aliphatic carbocycles. The van der Waals surface area contributed by atoms with Gasteiger partial charge in [0, 0.05) is 54.5 Å². The van der Waals surface area contributed by atoms with Crippen LogP contribution in [0.1, 0.15) is 12.0 Å². The highest BCUT2D eigenvalue weighted by Crippen LogP contribution is 2.22. The molecule has 2 aromatic carbocycles. The first-order valence-electron chi connectivity index (χ1n) is 7.93. The summed E-state index contributed by atoms with van der Waals surface area (Å²) in [5.74, 6) is 0.437. The number of thioether (sulfide) groups is 1. The van der Waals surface area contributed by atoms with Crippen LogP contribution in [0.15, 0.2) is 58.5 Å². The van der Waals surface area contributed by atoms with E-state index in [-0.39, 0.29) is 11.6 Å². The quantitative estimate of drug-likeness (QED) is 0.332. The van der Waals surface area contributed by atoms with Crippen LogP contribution in [0.25, 0.3) is 0 Å². The fourth-order valence-electron chi connectivity index (χ4n) is 2.17. The Bertz CT molecular complexity index is 794. The minimum Gasteiger partial charge on any atom is -0.377 e. The highest BCUT2D eigenvalue weighted by Gasteiger charge is 2.11. The van der Waals surface area contributed by atoms with Gasteiger partial charge in [-0.1, -0.05) is 18.2 Å². The monoisotopic (exact) mass is 372 g/mol. The van der Waals surface area contributed by atoms with Crippen LogP contribution in [-0.4, -0.2) is 36.9 Å². The van der Waals surface area contributed by atoms with Gasteiger partial charge in [0.1, 0.15) is 0 Å². The van der Waals surface area contributed by atoms with Crippen molar-refractivity contribution in [2.24, 2.45) is 5.10 Å². The highest BCUT2D eigenvalue weighted by atomic mass is 32.2. The third kappa shape index (κ3) is 5.89. The molecule has 2 aromatic rings. The summed E-state index contributed by atoms with van der Waals surface area (Å²) < 4.78 is 0. The lowest BCUT2D eigenvalue weighted by molar-refractivity contribution is -0.384. The third-order valence-corrected chi connectivity index (χ3v) is 4.45. The molecule has 0 aliphatic rings. The number of amides is 1. The average molecular weight is 372 g/mol. The summed E-state index contributed by atoms with van der Waals surface area (Å²) in [7, 11) is 3.66. The van der Waals surface area contributed by atoms with Crippen LogP contribution < -0.4 is 10.3 Å². The molecule has 7 nitrogen and oxygen atoms in total. The van der Waals surface area contributed by atoms with Gasteiger partial charge in [0.25, 0.3) is 5.69 Å². The summed E-state index contributed by atoms with van der Waals surface area (Å²) in [6, 6.07) is 14.3. The second kappa shape index (κ2) is 9.57. The SMILES string of the molecule is CN(C)c1ccc([N+](=O)[O-])cc1/C=N\NC(=O)CCSc1ccccc1. The first kappa shape index (κ1) is 19.5. The first-order chi connectivity index (χ1) is 12.5. The molecule has 0 aliphatic heterocycles. The molecule has 136 valence electrons. The molecular formula is C18H20N4O3S. The van der Waals surface area contributed by atoms with Crippen molar-refractivity contribution in [1.29, 1.82) is 0 Å². The van der Waals surface area contributed by atoms with Gasteiger partial charge in [-0.2, -0.15) is 5.10 Å². The van der Waals surface area contributed by atoms with E-state index in [1.165, 1.54) is 18.3 Å². The van der Waals surface area contributed by atoms with Crippen molar-refractivity contribution in [2.75, 3.05) is 24.7 Å². The number of nitro benzene ring substituents is 1. The van der Waals surface area contributed by atoms with E-state index in [0.717, 1.165) is 10.6 Å². The zero-order chi connectivity index (χ0) is 18.9. The Kier molecular flexibility index (Phi) is 7.16. The summed E-state index contributed by atoms with van der Waals surface area (Å²) >= 11 is 1.60.